The van der Waals surface area contributed by atoms with Gasteiger partial charge in [0.05, 0.1) is 0 Å². The van der Waals surface area contributed by atoms with Gasteiger partial charge in [-0.2, -0.15) is 0 Å². The van der Waals surface area contributed by atoms with Crippen LogP contribution in [0.2, 0.25) is 0 Å². The van der Waals surface area contributed by atoms with Gasteiger partial charge in [0, 0.05) is 21.5 Å². The second-order valence-corrected chi connectivity index (χ2v) is 12.2. The van der Waals surface area contributed by atoms with Crippen molar-refractivity contribution in [2.75, 3.05) is 13.2 Å². The zero-order valence-electron chi connectivity index (χ0n) is 26.8. The highest BCUT2D eigenvalue weighted by Crippen LogP contribution is 2.46. The number of aliphatic carboxylic acids is 2. The molecular formula is C44H30O6. The molecule has 8 aromatic carbocycles. The zero-order valence-corrected chi connectivity index (χ0v) is 26.8. The highest BCUT2D eigenvalue weighted by Gasteiger charge is 2.19. The number of ether oxygens (including phenoxy) is 2. The molecule has 0 radical (unpaired) electrons. The molecule has 8 aromatic rings. The lowest BCUT2D eigenvalue weighted by atomic mass is 9.87. The maximum atomic E-state index is 11.6. The SMILES string of the molecule is O=C(O)COc1cc2ccc(-c3ccccc3)cc2c2c(-c3cccc4c(OCC(=O)O)cc5ccc(-c6ccccc6)cc5c34)cccc12. The third kappa shape index (κ3) is 5.63. The molecule has 0 saturated carbocycles. The van der Waals surface area contributed by atoms with Crippen LogP contribution in [-0.4, -0.2) is 35.4 Å². The van der Waals surface area contributed by atoms with E-state index < -0.39 is 25.2 Å². The molecule has 242 valence electrons. The molecule has 50 heavy (non-hydrogen) atoms. The molecule has 0 saturated heterocycles. The zero-order chi connectivity index (χ0) is 34.2. The van der Waals surface area contributed by atoms with Gasteiger partial charge in [-0.15, -0.1) is 0 Å². The van der Waals surface area contributed by atoms with Crippen LogP contribution in [0.4, 0.5) is 0 Å². The maximum Gasteiger partial charge on any atom is 0.341 e. The van der Waals surface area contributed by atoms with Crippen LogP contribution in [0.15, 0.2) is 146 Å². The van der Waals surface area contributed by atoms with Gasteiger partial charge >= 0.3 is 11.9 Å². The van der Waals surface area contributed by atoms with Crippen molar-refractivity contribution in [2.45, 2.75) is 0 Å². The molecule has 0 amide bonds. The smallest absolute Gasteiger partial charge is 0.341 e. The Morgan fingerprint density at radius 2 is 0.840 bits per heavy atom. The quantitative estimate of drug-likeness (QED) is 0.151. The number of carboxylic acid groups (broad SMARTS) is 2. The number of carboxylic acids is 2. The minimum absolute atomic E-state index is 0.474. The average molecular weight is 655 g/mol. The number of hydrogen-bond acceptors (Lipinski definition) is 4. The van der Waals surface area contributed by atoms with Crippen molar-refractivity contribution in [3.05, 3.63) is 146 Å². The first kappa shape index (κ1) is 30.7. The Kier molecular flexibility index (Phi) is 7.82. The van der Waals surface area contributed by atoms with E-state index in [0.29, 0.717) is 11.5 Å². The van der Waals surface area contributed by atoms with E-state index in [0.717, 1.165) is 76.5 Å². The molecule has 0 aliphatic heterocycles. The molecule has 6 nitrogen and oxygen atoms in total. The Bertz CT molecular complexity index is 2410. The molecule has 2 N–H and O–H groups in total. The largest absolute Gasteiger partial charge is 0.481 e. The van der Waals surface area contributed by atoms with Crippen LogP contribution in [0, 0.1) is 0 Å². The van der Waals surface area contributed by atoms with Gasteiger partial charge in [0.15, 0.2) is 13.2 Å². The molecule has 0 aromatic heterocycles. The van der Waals surface area contributed by atoms with Crippen molar-refractivity contribution in [1.82, 2.24) is 0 Å². The summed E-state index contributed by atoms with van der Waals surface area (Å²) in [7, 11) is 0. The molecule has 0 unspecified atom stereocenters. The molecule has 0 fully saturated rings. The number of rotatable bonds is 9. The normalized spacial score (nSPS) is 11.3. The molecule has 0 aliphatic rings. The number of hydrogen-bond donors (Lipinski definition) is 2. The topological polar surface area (TPSA) is 93.1 Å². The maximum absolute atomic E-state index is 11.6. The highest BCUT2D eigenvalue weighted by molar-refractivity contribution is 6.23. The molecule has 8 rings (SSSR count). The Labute approximate surface area is 287 Å². The minimum atomic E-state index is -1.06. The number of carbonyl (C=O) groups is 2. The predicted molar refractivity (Wildman–Crippen MR) is 199 cm³/mol. The van der Waals surface area contributed by atoms with Crippen molar-refractivity contribution >= 4 is 55.0 Å². The summed E-state index contributed by atoms with van der Waals surface area (Å²) in [6, 6.07) is 48.7. The molecular weight excluding hydrogens is 624 g/mol. The highest BCUT2D eigenvalue weighted by atomic mass is 16.5. The first-order chi connectivity index (χ1) is 24.4. The van der Waals surface area contributed by atoms with Gasteiger partial charge in [-0.05, 0) is 79.2 Å². The van der Waals surface area contributed by atoms with Crippen LogP contribution in [0.3, 0.4) is 0 Å². The standard InChI is InChI=1S/C44H30O6/c45-41(46)25-49-39-23-31-19-17-29(27-9-3-1-4-10-27)21-37(31)43-33(13-7-15-35(39)43)34-14-8-16-36-40(50-26-42(47)48)24-32-20-18-30(22-38(32)44(34)36)28-11-5-2-6-12-28/h1-24H,25-26H2,(H,45,46)(H,47,48). The van der Waals surface area contributed by atoms with Crippen LogP contribution in [0.25, 0.3) is 76.5 Å². The van der Waals surface area contributed by atoms with Crippen LogP contribution < -0.4 is 9.47 Å². The Morgan fingerprint density at radius 1 is 0.420 bits per heavy atom. The van der Waals surface area contributed by atoms with Gasteiger partial charge in [-0.1, -0.05) is 121 Å². The third-order valence-corrected chi connectivity index (χ3v) is 9.08. The molecule has 0 bridgehead atoms. The monoisotopic (exact) mass is 654 g/mol. The van der Waals surface area contributed by atoms with E-state index in [1.165, 1.54) is 0 Å². The fourth-order valence-electron chi connectivity index (χ4n) is 6.92. The lowest BCUT2D eigenvalue weighted by molar-refractivity contribution is -0.140. The summed E-state index contributed by atoms with van der Waals surface area (Å²) in [5.74, 6) is -1.16. The number of fused-ring (bicyclic) bond motifs is 6. The van der Waals surface area contributed by atoms with E-state index in [1.54, 1.807) is 0 Å². The first-order valence-corrected chi connectivity index (χ1v) is 16.2. The third-order valence-electron chi connectivity index (χ3n) is 9.08. The summed E-state index contributed by atoms with van der Waals surface area (Å²) in [6.45, 7) is -0.948. The van der Waals surface area contributed by atoms with E-state index in [2.05, 4.69) is 60.7 Å². The Hall–Kier alpha value is -6.66. The van der Waals surface area contributed by atoms with Crippen LogP contribution in [0.5, 0.6) is 11.5 Å². The van der Waals surface area contributed by atoms with E-state index in [-0.39, 0.29) is 0 Å². The van der Waals surface area contributed by atoms with Crippen LogP contribution >= 0.6 is 0 Å². The first-order valence-electron chi connectivity index (χ1n) is 16.2. The Balaban J connectivity index is 1.48. The molecule has 0 aliphatic carbocycles. The van der Waals surface area contributed by atoms with Crippen LogP contribution in [-0.2, 0) is 9.59 Å². The van der Waals surface area contributed by atoms with E-state index in [9.17, 15) is 19.8 Å². The van der Waals surface area contributed by atoms with Gasteiger partial charge < -0.3 is 19.7 Å². The Morgan fingerprint density at radius 3 is 1.24 bits per heavy atom. The molecule has 6 heteroatoms. The summed E-state index contributed by atoms with van der Waals surface area (Å²) < 4.78 is 11.8. The van der Waals surface area contributed by atoms with Gasteiger partial charge in [-0.3, -0.25) is 0 Å². The summed E-state index contributed by atoms with van der Waals surface area (Å²) in [6.07, 6.45) is 0. The van der Waals surface area contributed by atoms with Crippen molar-refractivity contribution in [2.24, 2.45) is 0 Å². The number of benzene rings is 8. The van der Waals surface area contributed by atoms with Crippen molar-refractivity contribution in [3.63, 3.8) is 0 Å². The fourth-order valence-corrected chi connectivity index (χ4v) is 6.92. The lowest BCUT2D eigenvalue weighted by Gasteiger charge is -2.19. The van der Waals surface area contributed by atoms with E-state index in [1.807, 2.05) is 84.9 Å². The summed E-state index contributed by atoms with van der Waals surface area (Å²) >= 11 is 0. The summed E-state index contributed by atoms with van der Waals surface area (Å²) in [5.41, 5.74) is 6.10. The summed E-state index contributed by atoms with van der Waals surface area (Å²) in [5, 5.41) is 26.2. The lowest BCUT2D eigenvalue weighted by Crippen LogP contribution is -2.09. The van der Waals surface area contributed by atoms with E-state index >= 15 is 0 Å². The van der Waals surface area contributed by atoms with E-state index in [4.69, 9.17) is 9.47 Å². The van der Waals surface area contributed by atoms with Crippen molar-refractivity contribution in [3.8, 4) is 44.9 Å². The van der Waals surface area contributed by atoms with Crippen molar-refractivity contribution < 1.29 is 29.3 Å². The second kappa shape index (κ2) is 12.7. The van der Waals surface area contributed by atoms with Crippen LogP contribution in [0.1, 0.15) is 0 Å². The fraction of sp³-hybridized carbons (Fsp3) is 0.0455. The van der Waals surface area contributed by atoms with Gasteiger partial charge in [0.25, 0.3) is 0 Å². The van der Waals surface area contributed by atoms with Gasteiger partial charge in [0.2, 0.25) is 0 Å². The molecule has 0 heterocycles. The van der Waals surface area contributed by atoms with Crippen molar-refractivity contribution in [1.29, 1.82) is 0 Å². The minimum Gasteiger partial charge on any atom is -0.481 e. The van der Waals surface area contributed by atoms with Gasteiger partial charge in [0.1, 0.15) is 11.5 Å². The van der Waals surface area contributed by atoms with Gasteiger partial charge in [-0.25, -0.2) is 9.59 Å². The summed E-state index contributed by atoms with van der Waals surface area (Å²) in [4.78, 5) is 23.2. The second-order valence-electron chi connectivity index (χ2n) is 12.2. The predicted octanol–water partition coefficient (Wildman–Crippen LogP) is 10.2. The average Bonchev–Trinajstić information content (AvgIpc) is 3.15. The molecule has 0 atom stereocenters. The molecule has 0 spiro atoms.